The predicted molar refractivity (Wildman–Crippen MR) is 78.5 cm³/mol. The maximum atomic E-state index is 12.0. The zero-order chi connectivity index (χ0) is 14.5. The monoisotopic (exact) mass is 290 g/mol. The van der Waals surface area contributed by atoms with Crippen LogP contribution in [0.5, 0.6) is 0 Å². The molecule has 1 aromatic heterocycles. The number of nitrogens with zero attached hydrogens (tertiary/aromatic N) is 2. The summed E-state index contributed by atoms with van der Waals surface area (Å²) < 4.78 is 0. The van der Waals surface area contributed by atoms with E-state index >= 15 is 0 Å². The second-order valence-corrected chi connectivity index (χ2v) is 4.94. The Hall–Kier alpha value is -2.14. The summed E-state index contributed by atoms with van der Waals surface area (Å²) in [6.45, 7) is 1.91. The molecule has 6 heteroatoms. The minimum atomic E-state index is -0.329. The van der Waals surface area contributed by atoms with Crippen molar-refractivity contribution >= 4 is 23.3 Å². The zero-order valence-corrected chi connectivity index (χ0v) is 11.8. The minimum Gasteiger partial charge on any atom is -0.382 e. The van der Waals surface area contributed by atoms with Crippen molar-refractivity contribution in [1.29, 1.82) is 0 Å². The number of anilines is 1. The molecule has 2 rings (SSSR count). The van der Waals surface area contributed by atoms with Gasteiger partial charge in [0.15, 0.2) is 11.5 Å². The molecule has 0 saturated heterocycles. The minimum absolute atomic E-state index is 0.0672. The molecular formula is C14H15ClN4O. The molecule has 104 valence electrons. The fourth-order valence-electron chi connectivity index (χ4n) is 1.88. The number of amides is 1. The van der Waals surface area contributed by atoms with E-state index in [-0.39, 0.29) is 23.5 Å². The first-order valence-electron chi connectivity index (χ1n) is 6.18. The molecule has 0 bridgehead atoms. The summed E-state index contributed by atoms with van der Waals surface area (Å²) in [6.07, 6.45) is 3.56. The van der Waals surface area contributed by atoms with E-state index in [1.165, 1.54) is 12.4 Å². The number of carbonyl (C=O) groups is 1. The van der Waals surface area contributed by atoms with E-state index in [1.54, 1.807) is 0 Å². The van der Waals surface area contributed by atoms with Crippen molar-refractivity contribution in [3.05, 3.63) is 52.9 Å². The Labute approximate surface area is 122 Å². The van der Waals surface area contributed by atoms with E-state index in [0.717, 1.165) is 5.56 Å². The highest BCUT2D eigenvalue weighted by molar-refractivity contribution is 6.30. The number of nitrogens with one attached hydrogen (secondary N) is 1. The average Bonchev–Trinajstić information content (AvgIpc) is 2.38. The van der Waals surface area contributed by atoms with E-state index in [0.29, 0.717) is 11.4 Å². The van der Waals surface area contributed by atoms with Crippen LogP contribution >= 0.6 is 11.6 Å². The van der Waals surface area contributed by atoms with Crippen molar-refractivity contribution in [3.8, 4) is 0 Å². The number of carbonyl (C=O) groups excluding carboxylic acids is 1. The van der Waals surface area contributed by atoms with Gasteiger partial charge in [0, 0.05) is 23.5 Å². The van der Waals surface area contributed by atoms with Crippen molar-refractivity contribution in [3.63, 3.8) is 0 Å². The van der Waals surface area contributed by atoms with Gasteiger partial charge in [-0.15, -0.1) is 0 Å². The summed E-state index contributed by atoms with van der Waals surface area (Å²) in [5.41, 5.74) is 6.81. The van der Waals surface area contributed by atoms with E-state index < -0.39 is 0 Å². The quantitative estimate of drug-likeness (QED) is 0.903. The van der Waals surface area contributed by atoms with E-state index in [2.05, 4.69) is 15.3 Å². The van der Waals surface area contributed by atoms with Gasteiger partial charge in [-0.05, 0) is 31.0 Å². The van der Waals surface area contributed by atoms with Crippen molar-refractivity contribution in [1.82, 2.24) is 15.3 Å². The molecule has 5 nitrogen and oxygen atoms in total. The molecular weight excluding hydrogens is 276 g/mol. The summed E-state index contributed by atoms with van der Waals surface area (Å²) in [6, 6.07) is 7.47. The van der Waals surface area contributed by atoms with Crippen LogP contribution in [0.25, 0.3) is 0 Å². The highest BCUT2D eigenvalue weighted by atomic mass is 35.5. The Morgan fingerprint density at radius 3 is 2.85 bits per heavy atom. The number of halogens is 1. The molecule has 0 aliphatic heterocycles. The van der Waals surface area contributed by atoms with Crippen LogP contribution in [0.4, 0.5) is 5.82 Å². The van der Waals surface area contributed by atoms with Crippen molar-refractivity contribution in [2.45, 2.75) is 19.4 Å². The summed E-state index contributed by atoms with van der Waals surface area (Å²) in [4.78, 5) is 19.8. The van der Waals surface area contributed by atoms with Crippen molar-refractivity contribution in [2.75, 3.05) is 5.73 Å². The van der Waals surface area contributed by atoms with Crippen LogP contribution in [0, 0.1) is 0 Å². The highest BCUT2D eigenvalue weighted by Crippen LogP contribution is 2.12. The molecule has 1 amide bonds. The molecule has 0 unspecified atom stereocenters. The SMILES string of the molecule is C[C@@H](Cc1cccc(Cl)c1)NC(=O)c1nccnc1N. The number of hydrogen-bond donors (Lipinski definition) is 2. The number of rotatable bonds is 4. The van der Waals surface area contributed by atoms with Gasteiger partial charge in [0.2, 0.25) is 0 Å². The first-order chi connectivity index (χ1) is 9.56. The van der Waals surface area contributed by atoms with Crippen molar-refractivity contribution in [2.24, 2.45) is 0 Å². The molecule has 0 saturated carbocycles. The van der Waals surface area contributed by atoms with Crippen LogP contribution in [-0.2, 0) is 6.42 Å². The lowest BCUT2D eigenvalue weighted by Crippen LogP contribution is -2.35. The normalized spacial score (nSPS) is 11.9. The van der Waals surface area contributed by atoms with Gasteiger partial charge < -0.3 is 11.1 Å². The summed E-state index contributed by atoms with van der Waals surface area (Å²) in [5, 5.41) is 3.52. The van der Waals surface area contributed by atoms with E-state index in [1.807, 2.05) is 31.2 Å². The Morgan fingerprint density at radius 2 is 2.15 bits per heavy atom. The highest BCUT2D eigenvalue weighted by Gasteiger charge is 2.14. The van der Waals surface area contributed by atoms with E-state index in [4.69, 9.17) is 17.3 Å². The molecule has 20 heavy (non-hydrogen) atoms. The number of nitrogen functional groups attached to an aromatic ring is 1. The summed E-state index contributed by atoms with van der Waals surface area (Å²) >= 11 is 5.93. The number of hydrogen-bond acceptors (Lipinski definition) is 4. The summed E-state index contributed by atoms with van der Waals surface area (Å²) in [5.74, 6) is -0.204. The van der Waals surface area contributed by atoms with Crippen LogP contribution in [0.2, 0.25) is 5.02 Å². The lowest BCUT2D eigenvalue weighted by molar-refractivity contribution is 0.0935. The lowest BCUT2D eigenvalue weighted by Gasteiger charge is -2.14. The molecule has 0 radical (unpaired) electrons. The molecule has 0 aliphatic carbocycles. The fraction of sp³-hybridized carbons (Fsp3) is 0.214. The Kier molecular flexibility index (Phi) is 4.53. The van der Waals surface area contributed by atoms with Crippen LogP contribution < -0.4 is 11.1 Å². The van der Waals surface area contributed by atoms with Gasteiger partial charge in [-0.1, -0.05) is 23.7 Å². The first-order valence-corrected chi connectivity index (χ1v) is 6.56. The lowest BCUT2D eigenvalue weighted by atomic mass is 10.1. The van der Waals surface area contributed by atoms with Gasteiger partial charge in [0.05, 0.1) is 0 Å². The van der Waals surface area contributed by atoms with Gasteiger partial charge in [0.1, 0.15) is 0 Å². The summed E-state index contributed by atoms with van der Waals surface area (Å²) in [7, 11) is 0. The molecule has 1 aromatic carbocycles. The van der Waals surface area contributed by atoms with Crippen LogP contribution in [-0.4, -0.2) is 21.9 Å². The second kappa shape index (κ2) is 6.34. The Morgan fingerprint density at radius 1 is 1.40 bits per heavy atom. The second-order valence-electron chi connectivity index (χ2n) is 4.50. The number of nitrogens with two attached hydrogens (primary N) is 1. The number of aromatic nitrogens is 2. The molecule has 0 fully saturated rings. The first kappa shape index (κ1) is 14.3. The fourth-order valence-corrected chi connectivity index (χ4v) is 2.10. The molecule has 2 aromatic rings. The third-order valence-electron chi connectivity index (χ3n) is 2.75. The molecule has 3 N–H and O–H groups in total. The maximum absolute atomic E-state index is 12.0. The van der Waals surface area contributed by atoms with Crippen molar-refractivity contribution < 1.29 is 4.79 Å². The molecule has 1 heterocycles. The van der Waals surface area contributed by atoms with Gasteiger partial charge >= 0.3 is 0 Å². The van der Waals surface area contributed by atoms with Crippen LogP contribution in [0.15, 0.2) is 36.7 Å². The Bertz CT molecular complexity index is 618. The third-order valence-corrected chi connectivity index (χ3v) is 2.99. The third kappa shape index (κ3) is 3.68. The van der Waals surface area contributed by atoms with Gasteiger partial charge in [-0.25, -0.2) is 9.97 Å². The molecule has 1 atom stereocenters. The maximum Gasteiger partial charge on any atom is 0.273 e. The number of benzene rings is 1. The van der Waals surface area contributed by atoms with Gasteiger partial charge in [-0.3, -0.25) is 4.79 Å². The average molecular weight is 291 g/mol. The molecule has 0 spiro atoms. The van der Waals surface area contributed by atoms with Gasteiger partial charge in [0.25, 0.3) is 5.91 Å². The largest absolute Gasteiger partial charge is 0.382 e. The standard InChI is InChI=1S/C14H15ClN4O/c1-9(7-10-3-2-4-11(15)8-10)19-14(20)12-13(16)18-6-5-17-12/h2-6,8-9H,7H2,1H3,(H2,16,18)(H,19,20)/t9-/m0/s1. The zero-order valence-electron chi connectivity index (χ0n) is 11.0. The van der Waals surface area contributed by atoms with E-state index in [9.17, 15) is 4.79 Å². The predicted octanol–water partition coefficient (Wildman–Crippen LogP) is 2.07. The van der Waals surface area contributed by atoms with Crippen LogP contribution in [0.1, 0.15) is 23.0 Å². The molecule has 0 aliphatic rings. The topological polar surface area (TPSA) is 80.9 Å². The van der Waals surface area contributed by atoms with Crippen LogP contribution in [0.3, 0.4) is 0 Å². The smallest absolute Gasteiger partial charge is 0.273 e. The Balaban J connectivity index is 2.00. The van der Waals surface area contributed by atoms with Gasteiger partial charge in [-0.2, -0.15) is 0 Å².